The van der Waals surface area contributed by atoms with Crippen LogP contribution in [0.5, 0.6) is 0 Å². The molecule has 114 valence electrons. The number of para-hydroxylation sites is 1. The van der Waals surface area contributed by atoms with Crippen molar-refractivity contribution in [2.24, 2.45) is 5.41 Å². The Labute approximate surface area is 127 Å². The van der Waals surface area contributed by atoms with Gasteiger partial charge in [-0.2, -0.15) is 0 Å². The number of hydrogen-bond acceptors (Lipinski definition) is 2. The molecule has 0 bridgehead atoms. The van der Waals surface area contributed by atoms with E-state index in [2.05, 4.69) is 30.5 Å². The van der Waals surface area contributed by atoms with Crippen molar-refractivity contribution in [2.45, 2.75) is 64.5 Å². The Morgan fingerprint density at radius 3 is 2.86 bits per heavy atom. The predicted octanol–water partition coefficient (Wildman–Crippen LogP) is 3.50. The summed E-state index contributed by atoms with van der Waals surface area (Å²) >= 11 is 0. The maximum Gasteiger partial charge on any atom is 0.241 e. The molecule has 2 aliphatic rings. The molecule has 1 aromatic rings. The number of amides is 1. The molecule has 1 aliphatic heterocycles. The zero-order valence-corrected chi connectivity index (χ0v) is 13.1. The molecule has 0 radical (unpaired) electrons. The van der Waals surface area contributed by atoms with Gasteiger partial charge in [0.2, 0.25) is 5.91 Å². The number of benzene rings is 1. The minimum absolute atomic E-state index is 0.0590. The summed E-state index contributed by atoms with van der Waals surface area (Å²) in [4.78, 5) is 12.4. The number of carbonyl (C=O) groups excluding carboxylic acids is 1. The van der Waals surface area contributed by atoms with E-state index in [9.17, 15) is 4.79 Å². The Morgan fingerprint density at radius 2 is 2.05 bits per heavy atom. The maximum atomic E-state index is 12.4. The Bertz CT molecular complexity index is 524. The monoisotopic (exact) mass is 286 g/mol. The van der Waals surface area contributed by atoms with E-state index in [0.29, 0.717) is 11.5 Å². The maximum absolute atomic E-state index is 12.4. The smallest absolute Gasteiger partial charge is 0.241 e. The van der Waals surface area contributed by atoms with E-state index in [1.807, 2.05) is 18.2 Å². The summed E-state index contributed by atoms with van der Waals surface area (Å²) in [5.74, 6) is 0.128. The van der Waals surface area contributed by atoms with Crippen molar-refractivity contribution in [1.29, 1.82) is 0 Å². The van der Waals surface area contributed by atoms with Gasteiger partial charge in [0.05, 0.1) is 6.04 Å². The second-order valence-electron chi connectivity index (χ2n) is 7.36. The van der Waals surface area contributed by atoms with Crippen LogP contribution in [0, 0.1) is 5.41 Å². The highest BCUT2D eigenvalue weighted by Gasteiger charge is 2.31. The number of nitrogens with one attached hydrogen (secondary N) is 2. The molecule has 2 atom stereocenters. The summed E-state index contributed by atoms with van der Waals surface area (Å²) in [5, 5.41) is 6.71. The van der Waals surface area contributed by atoms with Crippen LogP contribution in [0.4, 0.5) is 5.69 Å². The van der Waals surface area contributed by atoms with Crippen LogP contribution in [0.2, 0.25) is 0 Å². The lowest BCUT2D eigenvalue weighted by atomic mass is 9.75. The summed E-state index contributed by atoms with van der Waals surface area (Å²) in [6.45, 7) is 4.67. The molecule has 1 aliphatic carbocycles. The van der Waals surface area contributed by atoms with Crippen molar-refractivity contribution >= 4 is 11.6 Å². The van der Waals surface area contributed by atoms with Gasteiger partial charge in [-0.15, -0.1) is 0 Å². The summed E-state index contributed by atoms with van der Waals surface area (Å²) < 4.78 is 0. The highest BCUT2D eigenvalue weighted by atomic mass is 16.2. The first-order chi connectivity index (χ1) is 10.0. The lowest BCUT2D eigenvalue weighted by Gasteiger charge is -2.37. The summed E-state index contributed by atoms with van der Waals surface area (Å²) in [6.07, 6.45) is 6.78. The van der Waals surface area contributed by atoms with Crippen molar-refractivity contribution in [3.8, 4) is 0 Å². The van der Waals surface area contributed by atoms with E-state index in [0.717, 1.165) is 18.5 Å². The molecule has 3 rings (SSSR count). The fourth-order valence-corrected chi connectivity index (χ4v) is 3.80. The first-order valence-corrected chi connectivity index (χ1v) is 8.18. The SMILES string of the molecule is CC1(C)CCCC(NC2CCc3ccccc3NC2=O)C1. The number of anilines is 1. The third-order valence-corrected chi connectivity index (χ3v) is 4.94. The Balaban J connectivity index is 1.66. The highest BCUT2D eigenvalue weighted by molar-refractivity contribution is 5.96. The molecule has 1 fully saturated rings. The van der Waals surface area contributed by atoms with E-state index in [-0.39, 0.29) is 11.9 Å². The standard InChI is InChI=1S/C18H26N2O/c1-18(2)11-5-7-14(12-18)19-16-10-9-13-6-3-4-8-15(13)20-17(16)21/h3-4,6,8,14,16,19H,5,7,9-12H2,1-2H3,(H,20,21). The molecule has 0 saturated heterocycles. The molecule has 21 heavy (non-hydrogen) atoms. The summed E-state index contributed by atoms with van der Waals surface area (Å²) in [7, 11) is 0. The van der Waals surface area contributed by atoms with Gasteiger partial charge >= 0.3 is 0 Å². The quantitative estimate of drug-likeness (QED) is 0.873. The molecule has 2 unspecified atom stereocenters. The van der Waals surface area contributed by atoms with Crippen molar-refractivity contribution in [1.82, 2.24) is 5.32 Å². The van der Waals surface area contributed by atoms with E-state index in [1.165, 1.54) is 31.2 Å². The van der Waals surface area contributed by atoms with Gasteiger partial charge in [0.1, 0.15) is 0 Å². The molecule has 1 saturated carbocycles. The van der Waals surface area contributed by atoms with Crippen LogP contribution in [-0.4, -0.2) is 18.0 Å². The predicted molar refractivity (Wildman–Crippen MR) is 86.4 cm³/mol. The third-order valence-electron chi connectivity index (χ3n) is 4.94. The van der Waals surface area contributed by atoms with Crippen LogP contribution in [0.3, 0.4) is 0 Å². The van der Waals surface area contributed by atoms with Crippen LogP contribution in [0.15, 0.2) is 24.3 Å². The highest BCUT2D eigenvalue weighted by Crippen LogP contribution is 2.35. The van der Waals surface area contributed by atoms with Crippen LogP contribution in [-0.2, 0) is 11.2 Å². The minimum atomic E-state index is -0.0590. The van der Waals surface area contributed by atoms with Crippen LogP contribution >= 0.6 is 0 Å². The zero-order chi connectivity index (χ0) is 14.9. The zero-order valence-electron chi connectivity index (χ0n) is 13.1. The fourth-order valence-electron chi connectivity index (χ4n) is 3.80. The van der Waals surface area contributed by atoms with Gasteiger partial charge in [-0.1, -0.05) is 38.5 Å². The van der Waals surface area contributed by atoms with Gasteiger partial charge in [-0.05, 0) is 49.1 Å². The second-order valence-corrected chi connectivity index (χ2v) is 7.36. The average Bonchev–Trinajstić information content (AvgIpc) is 2.58. The second kappa shape index (κ2) is 5.80. The van der Waals surface area contributed by atoms with Crippen molar-refractivity contribution in [3.63, 3.8) is 0 Å². The largest absolute Gasteiger partial charge is 0.324 e. The van der Waals surface area contributed by atoms with E-state index >= 15 is 0 Å². The molecule has 2 N–H and O–H groups in total. The average molecular weight is 286 g/mol. The molecule has 1 amide bonds. The van der Waals surface area contributed by atoms with Crippen LogP contribution < -0.4 is 10.6 Å². The number of rotatable bonds is 2. The fraction of sp³-hybridized carbons (Fsp3) is 0.611. The lowest BCUT2D eigenvalue weighted by molar-refractivity contribution is -0.118. The normalized spacial score (nSPS) is 28.4. The molecule has 0 aromatic heterocycles. The van der Waals surface area contributed by atoms with Crippen LogP contribution in [0.25, 0.3) is 0 Å². The molecule has 0 spiro atoms. The van der Waals surface area contributed by atoms with Gasteiger partial charge < -0.3 is 10.6 Å². The van der Waals surface area contributed by atoms with Gasteiger partial charge in [0, 0.05) is 11.7 Å². The van der Waals surface area contributed by atoms with Gasteiger partial charge in [0.25, 0.3) is 0 Å². The Hall–Kier alpha value is -1.35. The van der Waals surface area contributed by atoms with E-state index in [1.54, 1.807) is 0 Å². The van der Waals surface area contributed by atoms with Crippen LogP contribution in [0.1, 0.15) is 51.5 Å². The van der Waals surface area contributed by atoms with Gasteiger partial charge in [-0.25, -0.2) is 0 Å². The number of carbonyl (C=O) groups is 1. The Morgan fingerprint density at radius 1 is 1.24 bits per heavy atom. The van der Waals surface area contributed by atoms with E-state index in [4.69, 9.17) is 0 Å². The third kappa shape index (κ3) is 3.46. The molecule has 1 aromatic carbocycles. The Kier molecular flexibility index (Phi) is 4.03. The number of aryl methyl sites for hydroxylation is 1. The van der Waals surface area contributed by atoms with Crippen molar-refractivity contribution < 1.29 is 4.79 Å². The molecule has 3 nitrogen and oxygen atoms in total. The summed E-state index contributed by atoms with van der Waals surface area (Å²) in [6, 6.07) is 8.56. The molecular weight excluding hydrogens is 260 g/mol. The number of fused-ring (bicyclic) bond motifs is 1. The lowest BCUT2D eigenvalue weighted by Crippen LogP contribution is -2.48. The summed E-state index contributed by atoms with van der Waals surface area (Å²) in [5.41, 5.74) is 2.63. The number of hydrogen-bond donors (Lipinski definition) is 2. The molecule has 1 heterocycles. The van der Waals surface area contributed by atoms with Crippen molar-refractivity contribution in [2.75, 3.05) is 5.32 Å². The van der Waals surface area contributed by atoms with Gasteiger partial charge in [0.15, 0.2) is 0 Å². The molecular formula is C18H26N2O. The van der Waals surface area contributed by atoms with Gasteiger partial charge in [-0.3, -0.25) is 4.79 Å². The van der Waals surface area contributed by atoms with Crippen molar-refractivity contribution in [3.05, 3.63) is 29.8 Å². The first kappa shape index (κ1) is 14.6. The molecule has 3 heteroatoms. The first-order valence-electron chi connectivity index (χ1n) is 8.18. The van der Waals surface area contributed by atoms with E-state index < -0.39 is 0 Å². The minimum Gasteiger partial charge on any atom is -0.324 e. The topological polar surface area (TPSA) is 41.1 Å².